The molecule has 1 atom stereocenters. The number of nitrogens with zero attached hydrogens (tertiary/aromatic N) is 3. The highest BCUT2D eigenvalue weighted by Gasteiger charge is 2.23. The molecule has 0 aliphatic heterocycles. The minimum absolute atomic E-state index is 0.206. The molecule has 1 aromatic carbocycles. The zero-order valence-corrected chi connectivity index (χ0v) is 20.5. The van der Waals surface area contributed by atoms with Gasteiger partial charge in [-0.3, -0.25) is 4.79 Å². The van der Waals surface area contributed by atoms with Crippen molar-refractivity contribution in [3.8, 4) is 28.4 Å². The van der Waals surface area contributed by atoms with Crippen LogP contribution in [0.2, 0.25) is 0 Å². The summed E-state index contributed by atoms with van der Waals surface area (Å²) >= 11 is 0. The average Bonchev–Trinajstić information content (AvgIpc) is 3.14. The van der Waals surface area contributed by atoms with Crippen molar-refractivity contribution in [3.63, 3.8) is 0 Å². The largest absolute Gasteiger partial charge is 0.491 e. The van der Waals surface area contributed by atoms with Gasteiger partial charge < -0.3 is 30.1 Å². The van der Waals surface area contributed by atoms with E-state index >= 15 is 0 Å². The summed E-state index contributed by atoms with van der Waals surface area (Å²) in [5, 5.41) is 27.5. The number of hydrogen-bond donors (Lipinski definition) is 4. The van der Waals surface area contributed by atoms with Gasteiger partial charge in [0.15, 0.2) is 5.82 Å². The molecule has 4 N–H and O–H groups in total. The first kappa shape index (κ1) is 26.1. The quantitative estimate of drug-likeness (QED) is 0.335. The van der Waals surface area contributed by atoms with Crippen LogP contribution >= 0.6 is 0 Å². The molecule has 1 aliphatic carbocycles. The van der Waals surface area contributed by atoms with E-state index in [4.69, 9.17) is 29.1 Å². The molecular formula is C25H33N5O5. The number of hydrogen-bond acceptors (Lipinski definition) is 9. The molecule has 188 valence electrons. The summed E-state index contributed by atoms with van der Waals surface area (Å²) in [5.74, 6) is 2.84. The number of aryl methyl sites for hydroxylation is 2. The van der Waals surface area contributed by atoms with Gasteiger partial charge in [-0.2, -0.15) is 0 Å². The number of carbonyl (C=O) groups is 1. The maximum absolute atomic E-state index is 9.94. The van der Waals surface area contributed by atoms with Crippen LogP contribution in [0, 0.1) is 20.8 Å². The van der Waals surface area contributed by atoms with E-state index in [9.17, 15) is 5.11 Å². The van der Waals surface area contributed by atoms with Crippen molar-refractivity contribution in [2.75, 3.05) is 25.5 Å². The molecule has 4 rings (SSSR count). The molecule has 3 aromatic rings. The van der Waals surface area contributed by atoms with Gasteiger partial charge in [0.05, 0.1) is 17.0 Å². The lowest BCUT2D eigenvalue weighted by molar-refractivity contribution is -0.122. The number of aliphatic hydroxyl groups is 1. The average molecular weight is 484 g/mol. The number of carboxylic acid groups (broad SMARTS) is 1. The Morgan fingerprint density at radius 2 is 2.00 bits per heavy atom. The number of anilines is 1. The maximum atomic E-state index is 9.94. The number of ether oxygens (including phenoxy) is 1. The summed E-state index contributed by atoms with van der Waals surface area (Å²) in [6.07, 6.45) is 2.96. The minimum atomic E-state index is -0.580. The van der Waals surface area contributed by atoms with Crippen LogP contribution in [0.4, 0.5) is 5.82 Å². The van der Waals surface area contributed by atoms with Crippen LogP contribution in [0.1, 0.15) is 36.3 Å². The first-order chi connectivity index (χ1) is 16.9. The van der Waals surface area contributed by atoms with Crippen LogP contribution in [0.3, 0.4) is 0 Å². The maximum Gasteiger partial charge on any atom is 0.290 e. The normalized spacial score (nSPS) is 13.9. The summed E-state index contributed by atoms with van der Waals surface area (Å²) in [6.45, 7) is 6.29. The van der Waals surface area contributed by atoms with Crippen LogP contribution < -0.4 is 15.4 Å². The molecule has 10 heteroatoms. The highest BCUT2D eigenvalue weighted by atomic mass is 16.5. The lowest BCUT2D eigenvalue weighted by Gasteiger charge is -2.28. The molecule has 0 radical (unpaired) electrons. The predicted octanol–water partition coefficient (Wildman–Crippen LogP) is 3.35. The fourth-order valence-corrected chi connectivity index (χ4v) is 3.81. The first-order valence-electron chi connectivity index (χ1n) is 11.6. The molecular weight excluding hydrogens is 450 g/mol. The molecule has 2 aromatic heterocycles. The summed E-state index contributed by atoms with van der Waals surface area (Å²) in [5.41, 5.74) is 4.36. The number of aromatic nitrogens is 3. The highest BCUT2D eigenvalue weighted by molar-refractivity contribution is 5.74. The van der Waals surface area contributed by atoms with Crippen LogP contribution in [-0.4, -0.2) is 64.2 Å². The van der Waals surface area contributed by atoms with Crippen molar-refractivity contribution in [2.45, 2.75) is 52.2 Å². The monoisotopic (exact) mass is 483 g/mol. The van der Waals surface area contributed by atoms with E-state index in [1.807, 2.05) is 45.0 Å². The molecule has 2 heterocycles. The second-order valence-electron chi connectivity index (χ2n) is 8.50. The minimum Gasteiger partial charge on any atom is -0.491 e. The first-order valence-corrected chi connectivity index (χ1v) is 11.6. The van der Waals surface area contributed by atoms with E-state index in [-0.39, 0.29) is 13.1 Å². The Morgan fingerprint density at radius 3 is 2.60 bits per heavy atom. The van der Waals surface area contributed by atoms with Gasteiger partial charge >= 0.3 is 0 Å². The van der Waals surface area contributed by atoms with E-state index in [0.717, 1.165) is 52.5 Å². The third-order valence-electron chi connectivity index (χ3n) is 5.84. The Balaban J connectivity index is 0.00000108. The second kappa shape index (κ2) is 12.3. The van der Waals surface area contributed by atoms with E-state index in [1.165, 1.54) is 6.42 Å². The fraction of sp³-hybridized carbons (Fsp3) is 0.440. The van der Waals surface area contributed by atoms with Crippen LogP contribution in [0.5, 0.6) is 5.75 Å². The third-order valence-corrected chi connectivity index (χ3v) is 5.84. The number of likely N-dealkylation sites (N-methyl/N-ethyl adjacent to an activating group) is 1. The van der Waals surface area contributed by atoms with Crippen molar-refractivity contribution in [1.82, 2.24) is 20.4 Å². The molecule has 0 amide bonds. The van der Waals surface area contributed by atoms with Gasteiger partial charge in [0.1, 0.15) is 30.0 Å². The van der Waals surface area contributed by atoms with Crippen molar-refractivity contribution in [2.24, 2.45) is 0 Å². The Labute approximate surface area is 204 Å². The Bertz CT molecular complexity index is 1110. The fourth-order valence-electron chi connectivity index (χ4n) is 3.81. The molecule has 1 aliphatic rings. The van der Waals surface area contributed by atoms with Crippen LogP contribution in [-0.2, 0) is 4.79 Å². The lowest BCUT2D eigenvalue weighted by Crippen LogP contribution is -2.29. The number of aliphatic hydroxyl groups excluding tert-OH is 1. The summed E-state index contributed by atoms with van der Waals surface area (Å²) in [6, 6.07) is 8.09. The molecule has 0 saturated heterocycles. The van der Waals surface area contributed by atoms with Gasteiger partial charge in [0.25, 0.3) is 6.47 Å². The van der Waals surface area contributed by atoms with Crippen LogP contribution in [0.25, 0.3) is 22.6 Å². The van der Waals surface area contributed by atoms with Gasteiger partial charge in [-0.15, -0.1) is 0 Å². The number of rotatable bonds is 9. The van der Waals surface area contributed by atoms with E-state index in [0.29, 0.717) is 24.2 Å². The standard InChI is InChI=1S/C24H31N5O3.CH2O2/c1-14-22(21-15(2)29-32-16(21)3)27-24(28-23(14)26-18-8-6-9-18)17-7-5-10-20(11-17)31-13-19(30)12-25-4;2-1-3/h5,7,10-11,18-19,25,30H,6,8-9,12-13H2,1-4H3,(H,26,27,28);1H,(H,2,3). The molecule has 10 nitrogen and oxygen atoms in total. The van der Waals surface area contributed by atoms with Crippen molar-refractivity contribution < 1.29 is 24.3 Å². The third kappa shape index (κ3) is 6.55. The predicted molar refractivity (Wildman–Crippen MR) is 133 cm³/mol. The number of nitrogens with one attached hydrogen (secondary N) is 2. The van der Waals surface area contributed by atoms with Crippen LogP contribution in [0.15, 0.2) is 28.8 Å². The summed E-state index contributed by atoms with van der Waals surface area (Å²) in [4.78, 5) is 18.2. The molecule has 0 bridgehead atoms. The van der Waals surface area contributed by atoms with E-state index in [1.54, 1.807) is 7.05 Å². The Kier molecular flexibility index (Phi) is 9.16. The highest BCUT2D eigenvalue weighted by Crippen LogP contribution is 2.35. The molecule has 1 saturated carbocycles. The zero-order chi connectivity index (χ0) is 25.4. The topological polar surface area (TPSA) is 143 Å². The Hall–Kier alpha value is -3.50. The van der Waals surface area contributed by atoms with Gasteiger partial charge in [-0.1, -0.05) is 17.3 Å². The molecule has 1 unspecified atom stereocenters. The Morgan fingerprint density at radius 1 is 1.26 bits per heavy atom. The lowest BCUT2D eigenvalue weighted by atomic mass is 9.93. The SMILES string of the molecule is CNCC(O)COc1cccc(-c2nc(NC3CCC3)c(C)c(-c3c(C)noc3C)n2)c1.O=CO. The summed E-state index contributed by atoms with van der Waals surface area (Å²) in [7, 11) is 1.80. The summed E-state index contributed by atoms with van der Waals surface area (Å²) < 4.78 is 11.2. The van der Waals surface area contributed by atoms with Crippen molar-refractivity contribution >= 4 is 12.3 Å². The molecule has 0 spiro atoms. The van der Waals surface area contributed by atoms with E-state index in [2.05, 4.69) is 15.8 Å². The smallest absolute Gasteiger partial charge is 0.290 e. The molecule has 35 heavy (non-hydrogen) atoms. The van der Waals surface area contributed by atoms with Gasteiger partial charge in [-0.25, -0.2) is 9.97 Å². The van der Waals surface area contributed by atoms with Crippen molar-refractivity contribution in [3.05, 3.63) is 41.3 Å². The van der Waals surface area contributed by atoms with Crippen molar-refractivity contribution in [1.29, 1.82) is 0 Å². The van der Waals surface area contributed by atoms with E-state index < -0.39 is 6.10 Å². The molecule has 1 fully saturated rings. The number of benzene rings is 1. The van der Waals surface area contributed by atoms with Gasteiger partial charge in [-0.05, 0) is 59.2 Å². The van der Waals surface area contributed by atoms with Gasteiger partial charge in [0, 0.05) is 23.7 Å². The zero-order valence-electron chi connectivity index (χ0n) is 20.5. The van der Waals surface area contributed by atoms with Gasteiger partial charge in [0.2, 0.25) is 0 Å². The second-order valence-corrected chi connectivity index (χ2v) is 8.50.